The quantitative estimate of drug-likeness (QED) is 0.218. The SMILES string of the molecule is c1ccc(-c2nc(-c3ccc(-n4c5ccccc5c5cc6c(cc54)sc4ccccc46)cc3)nc3ccccc23)cc1. The van der Waals surface area contributed by atoms with Gasteiger partial charge in [0.05, 0.1) is 22.2 Å². The van der Waals surface area contributed by atoms with Crippen molar-refractivity contribution in [3.8, 4) is 28.3 Å². The third-order valence-corrected chi connectivity index (χ3v) is 9.34. The van der Waals surface area contributed by atoms with Crippen LogP contribution < -0.4 is 0 Å². The number of thiophene rings is 1. The zero-order valence-electron chi connectivity index (χ0n) is 22.5. The maximum absolute atomic E-state index is 5.07. The van der Waals surface area contributed by atoms with Crippen molar-refractivity contribution < 1.29 is 0 Å². The first kappa shape index (κ1) is 23.4. The van der Waals surface area contributed by atoms with Crippen molar-refractivity contribution in [2.75, 3.05) is 0 Å². The van der Waals surface area contributed by atoms with Gasteiger partial charge < -0.3 is 4.57 Å². The van der Waals surface area contributed by atoms with Gasteiger partial charge in [-0.25, -0.2) is 9.97 Å². The van der Waals surface area contributed by atoms with Crippen LogP contribution in [0.3, 0.4) is 0 Å². The summed E-state index contributed by atoms with van der Waals surface area (Å²) < 4.78 is 5.02. The minimum absolute atomic E-state index is 0.730. The summed E-state index contributed by atoms with van der Waals surface area (Å²) >= 11 is 1.86. The molecule has 42 heavy (non-hydrogen) atoms. The second kappa shape index (κ2) is 9.10. The molecule has 196 valence electrons. The molecular weight excluding hydrogens is 531 g/mol. The van der Waals surface area contributed by atoms with Gasteiger partial charge in [0.2, 0.25) is 0 Å². The van der Waals surface area contributed by atoms with Crippen molar-refractivity contribution in [2.24, 2.45) is 0 Å². The molecule has 3 heterocycles. The first-order chi connectivity index (χ1) is 20.8. The Hall–Kier alpha value is -5.32. The van der Waals surface area contributed by atoms with Crippen LogP contribution in [0.1, 0.15) is 0 Å². The fraction of sp³-hybridized carbons (Fsp3) is 0. The molecule has 9 rings (SSSR count). The summed E-state index contributed by atoms with van der Waals surface area (Å²) in [6.07, 6.45) is 0. The second-order valence-electron chi connectivity index (χ2n) is 10.6. The molecule has 9 aromatic rings. The predicted molar refractivity (Wildman–Crippen MR) is 178 cm³/mol. The minimum atomic E-state index is 0.730. The molecule has 0 spiro atoms. The molecule has 0 aliphatic rings. The molecular formula is C38H23N3S. The molecule has 3 nitrogen and oxygen atoms in total. The normalized spacial score (nSPS) is 11.8. The van der Waals surface area contributed by atoms with Crippen molar-refractivity contribution in [3.05, 3.63) is 140 Å². The van der Waals surface area contributed by atoms with E-state index in [0.29, 0.717) is 0 Å². The largest absolute Gasteiger partial charge is 0.309 e. The molecule has 0 amide bonds. The summed E-state index contributed by atoms with van der Waals surface area (Å²) in [5, 5.41) is 6.24. The van der Waals surface area contributed by atoms with Gasteiger partial charge in [-0.15, -0.1) is 11.3 Å². The number of nitrogens with zero attached hydrogens (tertiary/aromatic N) is 3. The standard InChI is InChI=1S/C38H23N3S/c1-2-10-24(11-3-1)37-29-14-4-7-15-32(29)39-38(40-37)25-18-20-26(21-19-25)41-33-16-8-5-12-27(33)30-22-31-28-13-6-9-17-35(28)42-36(31)23-34(30)41/h1-23H. The number of para-hydroxylation sites is 2. The Balaban J connectivity index is 1.23. The van der Waals surface area contributed by atoms with Gasteiger partial charge in [0.25, 0.3) is 0 Å². The minimum Gasteiger partial charge on any atom is -0.309 e. The lowest BCUT2D eigenvalue weighted by molar-refractivity contribution is 1.18. The number of aromatic nitrogens is 3. The topological polar surface area (TPSA) is 30.7 Å². The number of hydrogen-bond donors (Lipinski definition) is 0. The van der Waals surface area contributed by atoms with Crippen LogP contribution in [0.4, 0.5) is 0 Å². The molecule has 0 N–H and O–H groups in total. The zero-order chi connectivity index (χ0) is 27.6. The smallest absolute Gasteiger partial charge is 0.160 e. The molecule has 0 aliphatic heterocycles. The van der Waals surface area contributed by atoms with Crippen LogP contribution in [0.2, 0.25) is 0 Å². The van der Waals surface area contributed by atoms with Crippen LogP contribution in [0, 0.1) is 0 Å². The van der Waals surface area contributed by atoms with Gasteiger partial charge in [0, 0.05) is 53.1 Å². The molecule has 3 aromatic heterocycles. The summed E-state index contributed by atoms with van der Waals surface area (Å²) in [4.78, 5) is 10.0. The van der Waals surface area contributed by atoms with E-state index in [4.69, 9.17) is 9.97 Å². The van der Waals surface area contributed by atoms with Crippen LogP contribution in [0.5, 0.6) is 0 Å². The van der Waals surface area contributed by atoms with Crippen LogP contribution >= 0.6 is 11.3 Å². The van der Waals surface area contributed by atoms with Crippen molar-refractivity contribution >= 4 is 64.2 Å². The lowest BCUT2D eigenvalue weighted by Crippen LogP contribution is -1.97. The molecule has 0 radical (unpaired) electrons. The highest BCUT2D eigenvalue weighted by Gasteiger charge is 2.16. The van der Waals surface area contributed by atoms with Crippen molar-refractivity contribution in [1.29, 1.82) is 0 Å². The Bertz CT molecular complexity index is 2450. The molecule has 0 unspecified atom stereocenters. The molecule has 0 bridgehead atoms. The van der Waals surface area contributed by atoms with Crippen molar-refractivity contribution in [3.63, 3.8) is 0 Å². The van der Waals surface area contributed by atoms with Gasteiger partial charge in [-0.2, -0.15) is 0 Å². The molecule has 0 atom stereocenters. The van der Waals surface area contributed by atoms with Crippen LogP contribution in [-0.2, 0) is 0 Å². The fourth-order valence-corrected chi connectivity index (χ4v) is 7.37. The van der Waals surface area contributed by atoms with Crippen LogP contribution in [-0.4, -0.2) is 14.5 Å². The third-order valence-electron chi connectivity index (χ3n) is 8.21. The molecule has 0 saturated heterocycles. The summed E-state index contributed by atoms with van der Waals surface area (Å²) in [5.74, 6) is 0.730. The van der Waals surface area contributed by atoms with Gasteiger partial charge in [-0.1, -0.05) is 84.9 Å². The number of rotatable bonds is 3. The first-order valence-electron chi connectivity index (χ1n) is 14.1. The maximum atomic E-state index is 5.07. The van der Waals surface area contributed by atoms with E-state index in [1.54, 1.807) is 0 Å². The highest BCUT2D eigenvalue weighted by atomic mass is 32.1. The average Bonchev–Trinajstić information content (AvgIpc) is 3.58. The highest BCUT2D eigenvalue weighted by molar-refractivity contribution is 7.25. The number of hydrogen-bond acceptors (Lipinski definition) is 3. The molecule has 0 saturated carbocycles. The summed E-state index contributed by atoms with van der Waals surface area (Å²) in [6.45, 7) is 0. The van der Waals surface area contributed by atoms with E-state index in [2.05, 4.69) is 126 Å². The Morgan fingerprint density at radius 2 is 1.17 bits per heavy atom. The molecule has 6 aromatic carbocycles. The van der Waals surface area contributed by atoms with Gasteiger partial charge >= 0.3 is 0 Å². The maximum Gasteiger partial charge on any atom is 0.160 e. The lowest BCUT2D eigenvalue weighted by atomic mass is 10.1. The van der Waals surface area contributed by atoms with Crippen LogP contribution in [0.15, 0.2) is 140 Å². The van der Waals surface area contributed by atoms with E-state index >= 15 is 0 Å². The van der Waals surface area contributed by atoms with E-state index in [0.717, 1.165) is 39.2 Å². The van der Waals surface area contributed by atoms with Gasteiger partial charge in [-0.3, -0.25) is 0 Å². The van der Waals surface area contributed by atoms with Crippen LogP contribution in [0.25, 0.3) is 81.2 Å². The second-order valence-corrected chi connectivity index (χ2v) is 11.7. The van der Waals surface area contributed by atoms with E-state index in [1.165, 1.54) is 42.0 Å². The molecule has 4 heteroatoms. The van der Waals surface area contributed by atoms with Gasteiger partial charge in [0.15, 0.2) is 5.82 Å². The number of fused-ring (bicyclic) bond motifs is 7. The molecule has 0 fully saturated rings. The summed E-state index contributed by atoms with van der Waals surface area (Å²) in [7, 11) is 0. The molecule has 0 aliphatic carbocycles. The van der Waals surface area contributed by atoms with Gasteiger partial charge in [0.1, 0.15) is 0 Å². The Kier molecular flexibility index (Phi) is 5.07. The predicted octanol–water partition coefficient (Wildman–Crippen LogP) is 10.4. The average molecular weight is 554 g/mol. The Morgan fingerprint density at radius 3 is 2.02 bits per heavy atom. The lowest BCUT2D eigenvalue weighted by Gasteiger charge is -2.11. The Labute approximate surface area is 246 Å². The van der Waals surface area contributed by atoms with E-state index in [-0.39, 0.29) is 0 Å². The zero-order valence-corrected chi connectivity index (χ0v) is 23.3. The Morgan fingerprint density at radius 1 is 0.452 bits per heavy atom. The number of benzene rings is 6. The third kappa shape index (κ3) is 3.52. The van der Waals surface area contributed by atoms with Gasteiger partial charge in [-0.05, 0) is 54.6 Å². The monoisotopic (exact) mass is 553 g/mol. The first-order valence-corrected chi connectivity index (χ1v) is 14.9. The highest BCUT2D eigenvalue weighted by Crippen LogP contribution is 2.40. The van der Waals surface area contributed by atoms with Crippen molar-refractivity contribution in [2.45, 2.75) is 0 Å². The van der Waals surface area contributed by atoms with E-state index < -0.39 is 0 Å². The van der Waals surface area contributed by atoms with Crippen molar-refractivity contribution in [1.82, 2.24) is 14.5 Å². The summed E-state index contributed by atoms with van der Waals surface area (Å²) in [6, 6.07) is 49.4. The fourth-order valence-electron chi connectivity index (χ4n) is 6.25. The summed E-state index contributed by atoms with van der Waals surface area (Å²) in [5.41, 5.74) is 7.53. The van der Waals surface area contributed by atoms with E-state index in [1.807, 2.05) is 29.5 Å². The van der Waals surface area contributed by atoms with E-state index in [9.17, 15) is 0 Å².